The number of rotatable bonds is 4. The van der Waals surface area contributed by atoms with E-state index in [9.17, 15) is 14.3 Å². The van der Waals surface area contributed by atoms with E-state index in [0.717, 1.165) is 5.56 Å². The molecule has 2 aromatic rings. The van der Waals surface area contributed by atoms with E-state index in [1.54, 1.807) is 25.1 Å². The molecule has 0 spiro atoms. The third-order valence-corrected chi connectivity index (χ3v) is 3.60. The Morgan fingerprint density at radius 3 is 2.68 bits per heavy atom. The molecule has 0 aliphatic heterocycles. The lowest BCUT2D eigenvalue weighted by Gasteiger charge is -2.16. The Kier molecular flexibility index (Phi) is 5.03. The Morgan fingerprint density at radius 1 is 1.32 bits per heavy atom. The van der Waals surface area contributed by atoms with Crippen LogP contribution in [0.4, 0.5) is 10.1 Å². The van der Waals surface area contributed by atoms with Crippen LogP contribution in [0.3, 0.4) is 0 Å². The summed E-state index contributed by atoms with van der Waals surface area (Å²) in [5, 5.41) is 12.4. The summed E-state index contributed by atoms with van der Waals surface area (Å²) in [4.78, 5) is 12.1. The second kappa shape index (κ2) is 6.79. The number of carbonyl (C=O) groups is 1. The second-order valence-electron chi connectivity index (χ2n) is 4.84. The number of nitrogens with one attached hydrogen (secondary N) is 1. The molecular formula is C16H15BrFNO3. The van der Waals surface area contributed by atoms with Crippen LogP contribution >= 0.6 is 15.9 Å². The standard InChI is InChI=1S/C16H15BrFNO3/c1-9-3-5-13(14(20)7-9)19-16(21)10(2)22-15-6-4-11(18)8-12(15)17/h3-8,10,20H,1-2H3,(H,19,21). The highest BCUT2D eigenvalue weighted by Crippen LogP contribution is 2.27. The summed E-state index contributed by atoms with van der Waals surface area (Å²) in [6.07, 6.45) is -0.817. The molecule has 2 aromatic carbocycles. The Bertz CT molecular complexity index is 706. The van der Waals surface area contributed by atoms with Crippen LogP contribution in [0, 0.1) is 12.7 Å². The minimum absolute atomic E-state index is 0.0106. The minimum Gasteiger partial charge on any atom is -0.506 e. The molecule has 1 unspecified atom stereocenters. The third-order valence-electron chi connectivity index (χ3n) is 2.98. The Morgan fingerprint density at radius 2 is 2.05 bits per heavy atom. The van der Waals surface area contributed by atoms with Gasteiger partial charge in [-0.15, -0.1) is 0 Å². The average Bonchev–Trinajstić information content (AvgIpc) is 2.44. The summed E-state index contributed by atoms with van der Waals surface area (Å²) in [6, 6.07) is 8.88. The highest BCUT2D eigenvalue weighted by Gasteiger charge is 2.17. The second-order valence-corrected chi connectivity index (χ2v) is 5.70. The maximum atomic E-state index is 13.0. The molecule has 1 amide bonds. The zero-order valence-corrected chi connectivity index (χ0v) is 13.6. The molecule has 4 nitrogen and oxygen atoms in total. The van der Waals surface area contributed by atoms with Gasteiger partial charge < -0.3 is 15.2 Å². The largest absolute Gasteiger partial charge is 0.506 e. The maximum Gasteiger partial charge on any atom is 0.265 e. The highest BCUT2D eigenvalue weighted by atomic mass is 79.9. The van der Waals surface area contributed by atoms with E-state index in [1.807, 2.05) is 6.92 Å². The number of halogens is 2. The first-order valence-corrected chi connectivity index (χ1v) is 7.38. The number of carbonyl (C=O) groups excluding carboxylic acids is 1. The lowest BCUT2D eigenvalue weighted by atomic mass is 10.2. The Labute approximate surface area is 136 Å². The highest BCUT2D eigenvalue weighted by molar-refractivity contribution is 9.10. The van der Waals surface area contributed by atoms with Crippen molar-refractivity contribution in [1.29, 1.82) is 0 Å². The number of amides is 1. The van der Waals surface area contributed by atoms with E-state index in [-0.39, 0.29) is 5.75 Å². The average molecular weight is 368 g/mol. The van der Waals surface area contributed by atoms with Crippen molar-refractivity contribution in [3.05, 3.63) is 52.3 Å². The van der Waals surface area contributed by atoms with Crippen LogP contribution in [0.1, 0.15) is 12.5 Å². The predicted octanol–water partition coefficient (Wildman–Crippen LogP) is 4.01. The molecule has 2 rings (SSSR count). The van der Waals surface area contributed by atoms with Crippen LogP contribution < -0.4 is 10.1 Å². The number of hydrogen-bond acceptors (Lipinski definition) is 3. The summed E-state index contributed by atoms with van der Waals surface area (Å²) in [6.45, 7) is 3.40. The fourth-order valence-electron chi connectivity index (χ4n) is 1.80. The van der Waals surface area contributed by atoms with Gasteiger partial charge in [-0.2, -0.15) is 0 Å². The zero-order chi connectivity index (χ0) is 16.3. The molecule has 0 radical (unpaired) electrons. The summed E-state index contributed by atoms with van der Waals surface area (Å²) < 4.78 is 18.9. The molecule has 0 aliphatic carbocycles. The van der Waals surface area contributed by atoms with Crippen molar-refractivity contribution in [1.82, 2.24) is 0 Å². The Balaban J connectivity index is 2.05. The van der Waals surface area contributed by atoms with Gasteiger partial charge in [-0.3, -0.25) is 4.79 Å². The first-order valence-electron chi connectivity index (χ1n) is 6.59. The van der Waals surface area contributed by atoms with Gasteiger partial charge >= 0.3 is 0 Å². The molecule has 0 fully saturated rings. The van der Waals surface area contributed by atoms with Crippen molar-refractivity contribution in [2.75, 3.05) is 5.32 Å². The van der Waals surface area contributed by atoms with Gasteiger partial charge in [0.25, 0.3) is 5.91 Å². The molecule has 1 atom stereocenters. The lowest BCUT2D eigenvalue weighted by molar-refractivity contribution is -0.122. The summed E-state index contributed by atoms with van der Waals surface area (Å²) in [5.41, 5.74) is 1.19. The van der Waals surface area contributed by atoms with Gasteiger partial charge in [-0.1, -0.05) is 6.07 Å². The molecule has 2 N–H and O–H groups in total. The minimum atomic E-state index is -0.817. The lowest BCUT2D eigenvalue weighted by Crippen LogP contribution is -2.30. The quantitative estimate of drug-likeness (QED) is 0.802. The van der Waals surface area contributed by atoms with Gasteiger partial charge in [0.1, 0.15) is 17.3 Å². The van der Waals surface area contributed by atoms with Crippen molar-refractivity contribution in [3.8, 4) is 11.5 Å². The van der Waals surface area contributed by atoms with Crippen LogP contribution in [-0.2, 0) is 4.79 Å². The third kappa shape index (κ3) is 3.98. The van der Waals surface area contributed by atoms with E-state index in [1.165, 1.54) is 18.2 Å². The van der Waals surface area contributed by atoms with Crippen LogP contribution in [0.25, 0.3) is 0 Å². The van der Waals surface area contributed by atoms with E-state index in [0.29, 0.717) is 15.9 Å². The van der Waals surface area contributed by atoms with Gasteiger partial charge in [-0.05, 0) is 65.7 Å². The molecule has 0 saturated carbocycles. The summed E-state index contributed by atoms with van der Waals surface area (Å²) in [5.74, 6) is -0.475. The predicted molar refractivity (Wildman–Crippen MR) is 85.7 cm³/mol. The van der Waals surface area contributed by atoms with Crippen molar-refractivity contribution in [2.45, 2.75) is 20.0 Å². The SMILES string of the molecule is Cc1ccc(NC(=O)C(C)Oc2ccc(F)cc2Br)c(O)c1. The summed E-state index contributed by atoms with van der Waals surface area (Å²) in [7, 11) is 0. The summed E-state index contributed by atoms with van der Waals surface area (Å²) >= 11 is 3.17. The molecule has 0 heterocycles. The normalized spacial score (nSPS) is 11.8. The van der Waals surface area contributed by atoms with Crippen LogP contribution in [0.15, 0.2) is 40.9 Å². The molecular weight excluding hydrogens is 353 g/mol. The van der Waals surface area contributed by atoms with Crippen molar-refractivity contribution < 1.29 is 19.0 Å². The number of phenols is 1. The molecule has 0 saturated heterocycles. The van der Waals surface area contributed by atoms with Crippen LogP contribution in [-0.4, -0.2) is 17.1 Å². The van der Waals surface area contributed by atoms with Gasteiger partial charge in [0.05, 0.1) is 10.2 Å². The topological polar surface area (TPSA) is 58.6 Å². The van der Waals surface area contributed by atoms with Gasteiger partial charge in [0, 0.05) is 0 Å². The first kappa shape index (κ1) is 16.3. The number of phenolic OH excluding ortho intramolecular Hbond substituents is 1. The molecule has 0 bridgehead atoms. The fraction of sp³-hybridized carbons (Fsp3) is 0.188. The van der Waals surface area contributed by atoms with E-state index in [2.05, 4.69) is 21.2 Å². The number of benzene rings is 2. The first-order chi connectivity index (χ1) is 10.4. The maximum absolute atomic E-state index is 13.0. The molecule has 116 valence electrons. The Hall–Kier alpha value is -2.08. The molecule has 22 heavy (non-hydrogen) atoms. The van der Waals surface area contributed by atoms with Gasteiger partial charge in [0.15, 0.2) is 6.10 Å². The van der Waals surface area contributed by atoms with Gasteiger partial charge in [0.2, 0.25) is 0 Å². The smallest absolute Gasteiger partial charge is 0.265 e. The van der Waals surface area contributed by atoms with Crippen LogP contribution in [0.5, 0.6) is 11.5 Å². The fourth-order valence-corrected chi connectivity index (χ4v) is 2.24. The number of aryl methyl sites for hydroxylation is 1. The number of ether oxygens (including phenoxy) is 1. The van der Waals surface area contributed by atoms with Crippen LogP contribution in [0.2, 0.25) is 0 Å². The van der Waals surface area contributed by atoms with Crippen molar-refractivity contribution in [2.24, 2.45) is 0 Å². The number of anilines is 1. The van der Waals surface area contributed by atoms with E-state index in [4.69, 9.17) is 4.74 Å². The van der Waals surface area contributed by atoms with Crippen molar-refractivity contribution in [3.63, 3.8) is 0 Å². The molecule has 0 aromatic heterocycles. The van der Waals surface area contributed by atoms with Crippen molar-refractivity contribution >= 4 is 27.5 Å². The monoisotopic (exact) mass is 367 g/mol. The zero-order valence-electron chi connectivity index (χ0n) is 12.1. The van der Waals surface area contributed by atoms with E-state index >= 15 is 0 Å². The van der Waals surface area contributed by atoms with Gasteiger partial charge in [-0.25, -0.2) is 4.39 Å². The molecule has 6 heteroatoms. The number of hydrogen-bond donors (Lipinski definition) is 2. The van der Waals surface area contributed by atoms with E-state index < -0.39 is 17.8 Å². The number of aromatic hydroxyl groups is 1. The molecule has 0 aliphatic rings.